The fraction of sp³-hybridized carbons (Fsp3) is 0.643. The number of aromatic nitrogens is 1. The summed E-state index contributed by atoms with van der Waals surface area (Å²) >= 11 is 0. The van der Waals surface area contributed by atoms with Crippen LogP contribution in [0, 0.1) is 23.0 Å². The van der Waals surface area contributed by atoms with Gasteiger partial charge in [0.25, 0.3) is 0 Å². The Hall–Kier alpha value is -1.69. The Morgan fingerprint density at radius 1 is 1.45 bits per heavy atom. The van der Waals surface area contributed by atoms with E-state index in [1.165, 1.54) is 0 Å². The molecule has 0 spiro atoms. The third-order valence-electron chi connectivity index (χ3n) is 2.88. The first-order valence-electron chi connectivity index (χ1n) is 6.82. The van der Waals surface area contributed by atoms with Crippen LogP contribution in [0.2, 0.25) is 0 Å². The summed E-state index contributed by atoms with van der Waals surface area (Å²) in [6.07, 6.45) is 2.59. The SMILES string of the molecule is Cc1cnc(NC(CC(C)C)CN(C)C)c([N+](=O)[O-])c1. The highest BCUT2D eigenvalue weighted by Crippen LogP contribution is 2.24. The number of aryl methyl sites for hydroxylation is 1. The fourth-order valence-corrected chi connectivity index (χ4v) is 2.19. The molecular weight excluding hydrogens is 256 g/mol. The Labute approximate surface area is 120 Å². The maximum atomic E-state index is 11.1. The number of likely N-dealkylation sites (N-methyl/N-ethyl adjacent to an activating group) is 1. The molecule has 0 saturated carbocycles. The van der Waals surface area contributed by atoms with E-state index in [1.807, 2.05) is 14.1 Å². The first kappa shape index (κ1) is 16.4. The average Bonchev–Trinajstić information content (AvgIpc) is 2.29. The largest absolute Gasteiger partial charge is 0.360 e. The van der Waals surface area contributed by atoms with Crippen LogP contribution in [0.25, 0.3) is 0 Å². The Morgan fingerprint density at radius 2 is 2.10 bits per heavy atom. The molecule has 0 fully saturated rings. The molecule has 6 heteroatoms. The van der Waals surface area contributed by atoms with Crippen LogP contribution >= 0.6 is 0 Å². The lowest BCUT2D eigenvalue weighted by atomic mass is 10.0. The van der Waals surface area contributed by atoms with Crippen molar-refractivity contribution >= 4 is 11.5 Å². The van der Waals surface area contributed by atoms with Gasteiger partial charge in [-0.3, -0.25) is 10.1 Å². The van der Waals surface area contributed by atoms with E-state index in [1.54, 1.807) is 19.2 Å². The van der Waals surface area contributed by atoms with Crippen molar-refractivity contribution in [1.29, 1.82) is 0 Å². The summed E-state index contributed by atoms with van der Waals surface area (Å²) in [6, 6.07) is 1.69. The van der Waals surface area contributed by atoms with Crippen molar-refractivity contribution in [3.63, 3.8) is 0 Å². The lowest BCUT2D eigenvalue weighted by molar-refractivity contribution is -0.384. The molecule has 1 atom stereocenters. The Morgan fingerprint density at radius 3 is 2.60 bits per heavy atom. The van der Waals surface area contributed by atoms with Crippen molar-refractivity contribution in [2.24, 2.45) is 5.92 Å². The van der Waals surface area contributed by atoms with Gasteiger partial charge in [-0.05, 0) is 38.9 Å². The highest BCUT2D eigenvalue weighted by molar-refractivity contribution is 5.57. The summed E-state index contributed by atoms with van der Waals surface area (Å²) in [7, 11) is 3.98. The van der Waals surface area contributed by atoms with Gasteiger partial charge in [-0.25, -0.2) is 4.98 Å². The molecule has 20 heavy (non-hydrogen) atoms. The molecule has 112 valence electrons. The van der Waals surface area contributed by atoms with E-state index in [2.05, 4.69) is 29.0 Å². The summed E-state index contributed by atoms with van der Waals surface area (Å²) in [4.78, 5) is 17.0. The number of pyridine rings is 1. The normalized spacial score (nSPS) is 12.8. The van der Waals surface area contributed by atoms with Crippen molar-refractivity contribution in [2.45, 2.75) is 33.2 Å². The molecule has 0 radical (unpaired) electrons. The topological polar surface area (TPSA) is 71.3 Å². The van der Waals surface area contributed by atoms with Crippen LogP contribution in [0.5, 0.6) is 0 Å². The monoisotopic (exact) mass is 280 g/mol. The summed E-state index contributed by atoms with van der Waals surface area (Å²) in [6.45, 7) is 6.89. The van der Waals surface area contributed by atoms with Crippen LogP contribution < -0.4 is 5.32 Å². The lowest BCUT2D eigenvalue weighted by Gasteiger charge is -2.24. The molecule has 0 aliphatic rings. The number of anilines is 1. The van der Waals surface area contributed by atoms with Gasteiger partial charge in [-0.15, -0.1) is 0 Å². The van der Waals surface area contributed by atoms with Crippen molar-refractivity contribution < 1.29 is 4.92 Å². The second-order valence-corrected chi connectivity index (χ2v) is 5.87. The highest BCUT2D eigenvalue weighted by atomic mass is 16.6. The number of nitrogens with one attached hydrogen (secondary N) is 1. The molecule has 1 unspecified atom stereocenters. The van der Waals surface area contributed by atoms with E-state index in [9.17, 15) is 10.1 Å². The second-order valence-electron chi connectivity index (χ2n) is 5.87. The van der Waals surface area contributed by atoms with Gasteiger partial charge in [0.15, 0.2) is 0 Å². The quantitative estimate of drug-likeness (QED) is 0.614. The van der Waals surface area contributed by atoms with Gasteiger partial charge in [-0.2, -0.15) is 0 Å². The number of nitrogens with zero attached hydrogens (tertiary/aromatic N) is 3. The summed E-state index contributed by atoms with van der Waals surface area (Å²) < 4.78 is 0. The fourth-order valence-electron chi connectivity index (χ4n) is 2.19. The third kappa shape index (κ3) is 5.13. The minimum Gasteiger partial charge on any atom is -0.360 e. The van der Waals surface area contributed by atoms with Crippen molar-refractivity contribution in [3.8, 4) is 0 Å². The van der Waals surface area contributed by atoms with Crippen LogP contribution in [0.4, 0.5) is 11.5 Å². The van der Waals surface area contributed by atoms with Crippen LogP contribution in [-0.4, -0.2) is 41.5 Å². The van der Waals surface area contributed by atoms with E-state index in [0.29, 0.717) is 11.7 Å². The maximum Gasteiger partial charge on any atom is 0.311 e. The average molecular weight is 280 g/mol. The second kappa shape index (κ2) is 7.19. The standard InChI is InChI=1S/C14H24N4O2/c1-10(2)6-12(9-17(4)5)16-14-13(18(19)20)7-11(3)8-15-14/h7-8,10,12H,6,9H2,1-5H3,(H,15,16). The van der Waals surface area contributed by atoms with Crippen LogP contribution in [0.15, 0.2) is 12.3 Å². The molecule has 0 saturated heterocycles. The summed E-state index contributed by atoms with van der Waals surface area (Å²) in [5.41, 5.74) is 0.827. The highest BCUT2D eigenvalue weighted by Gasteiger charge is 2.20. The third-order valence-corrected chi connectivity index (χ3v) is 2.88. The molecule has 1 aromatic heterocycles. The van der Waals surface area contributed by atoms with Gasteiger partial charge in [0, 0.05) is 24.8 Å². The smallest absolute Gasteiger partial charge is 0.311 e. The molecule has 0 aromatic carbocycles. The zero-order chi connectivity index (χ0) is 15.3. The number of hydrogen-bond donors (Lipinski definition) is 1. The number of rotatable bonds is 7. The van der Waals surface area contributed by atoms with Crippen LogP contribution in [-0.2, 0) is 0 Å². The van der Waals surface area contributed by atoms with Crippen LogP contribution in [0.3, 0.4) is 0 Å². The molecule has 1 heterocycles. The predicted octanol–water partition coefficient (Wildman–Crippen LogP) is 2.69. The Bertz CT molecular complexity index is 450. The summed E-state index contributed by atoms with van der Waals surface area (Å²) in [5, 5.41) is 14.3. The molecular formula is C14H24N4O2. The van der Waals surface area contributed by atoms with Gasteiger partial charge >= 0.3 is 5.69 Å². The molecule has 6 nitrogen and oxygen atoms in total. The van der Waals surface area contributed by atoms with E-state index >= 15 is 0 Å². The number of hydrogen-bond acceptors (Lipinski definition) is 5. The van der Waals surface area contributed by atoms with Gasteiger partial charge in [-0.1, -0.05) is 13.8 Å². The predicted molar refractivity (Wildman–Crippen MR) is 81.0 cm³/mol. The molecule has 0 aliphatic carbocycles. The van der Waals surface area contributed by atoms with E-state index in [4.69, 9.17) is 0 Å². The molecule has 1 aromatic rings. The minimum absolute atomic E-state index is 0.0394. The van der Waals surface area contributed by atoms with Gasteiger partial charge in [0.2, 0.25) is 5.82 Å². The van der Waals surface area contributed by atoms with Crippen molar-refractivity contribution in [1.82, 2.24) is 9.88 Å². The molecule has 0 aliphatic heterocycles. The minimum atomic E-state index is -0.384. The van der Waals surface area contributed by atoms with Crippen molar-refractivity contribution in [3.05, 3.63) is 27.9 Å². The first-order valence-corrected chi connectivity index (χ1v) is 6.82. The maximum absolute atomic E-state index is 11.1. The molecule has 1 rings (SSSR count). The van der Waals surface area contributed by atoms with E-state index in [-0.39, 0.29) is 16.7 Å². The zero-order valence-corrected chi connectivity index (χ0v) is 12.9. The molecule has 0 bridgehead atoms. The van der Waals surface area contributed by atoms with Gasteiger partial charge < -0.3 is 10.2 Å². The van der Waals surface area contributed by atoms with E-state index < -0.39 is 0 Å². The zero-order valence-electron chi connectivity index (χ0n) is 12.9. The molecule has 0 amide bonds. The van der Waals surface area contributed by atoms with E-state index in [0.717, 1.165) is 18.5 Å². The molecule has 1 N–H and O–H groups in total. The number of nitro groups is 1. The Kier molecular flexibility index (Phi) is 5.88. The lowest BCUT2D eigenvalue weighted by Crippen LogP contribution is -2.34. The van der Waals surface area contributed by atoms with Crippen molar-refractivity contribution in [2.75, 3.05) is 26.0 Å². The summed E-state index contributed by atoms with van der Waals surface area (Å²) in [5.74, 6) is 0.866. The Balaban J connectivity index is 2.94. The van der Waals surface area contributed by atoms with Gasteiger partial charge in [0.1, 0.15) is 0 Å². The van der Waals surface area contributed by atoms with Gasteiger partial charge in [0.05, 0.1) is 4.92 Å². The van der Waals surface area contributed by atoms with Crippen LogP contribution in [0.1, 0.15) is 25.8 Å². The first-order chi connectivity index (χ1) is 9.29.